The predicted octanol–water partition coefficient (Wildman–Crippen LogP) is 3.17. The van der Waals surface area contributed by atoms with Crippen molar-refractivity contribution in [3.63, 3.8) is 0 Å². The third-order valence-corrected chi connectivity index (χ3v) is 3.00. The highest BCUT2D eigenvalue weighted by atomic mass is 79.9. The third kappa shape index (κ3) is 5.20. The van der Waals surface area contributed by atoms with Gasteiger partial charge in [0.15, 0.2) is 0 Å². The van der Waals surface area contributed by atoms with Crippen LogP contribution in [0.2, 0.25) is 0 Å². The second-order valence-electron chi connectivity index (χ2n) is 4.77. The molecule has 0 fully saturated rings. The Bertz CT molecular complexity index is 447. The number of nitrogen functional groups attached to an aromatic ring is 1. The molecule has 4 nitrogen and oxygen atoms in total. The second kappa shape index (κ2) is 7.50. The van der Waals surface area contributed by atoms with Crippen LogP contribution in [0.3, 0.4) is 0 Å². The molecule has 0 spiro atoms. The first-order valence-electron chi connectivity index (χ1n) is 6.22. The number of carbonyl (C=O) groups is 1. The van der Waals surface area contributed by atoms with E-state index in [4.69, 9.17) is 15.2 Å². The molecule has 0 aliphatic heterocycles. The number of anilines is 1. The Kier molecular flexibility index (Phi) is 6.31. The average molecular weight is 330 g/mol. The Morgan fingerprint density at radius 1 is 1.37 bits per heavy atom. The Labute approximate surface area is 122 Å². The molecule has 0 heterocycles. The molecule has 0 saturated heterocycles. The van der Waals surface area contributed by atoms with Crippen molar-refractivity contribution < 1.29 is 14.3 Å². The van der Waals surface area contributed by atoms with E-state index >= 15 is 0 Å². The number of rotatable bonds is 6. The zero-order valence-electron chi connectivity index (χ0n) is 11.5. The van der Waals surface area contributed by atoms with Crippen molar-refractivity contribution in [2.45, 2.75) is 20.8 Å². The quantitative estimate of drug-likeness (QED) is 0.494. The van der Waals surface area contributed by atoms with E-state index < -0.39 is 0 Å². The molecule has 0 aliphatic rings. The number of halogens is 1. The molecule has 0 saturated carbocycles. The lowest BCUT2D eigenvalue weighted by atomic mass is 10.1. The molecule has 19 heavy (non-hydrogen) atoms. The van der Waals surface area contributed by atoms with Crippen LogP contribution in [0.15, 0.2) is 16.6 Å². The largest absolute Gasteiger partial charge is 0.460 e. The molecule has 0 atom stereocenters. The second-order valence-corrected chi connectivity index (χ2v) is 5.69. The molecular weight excluding hydrogens is 310 g/mol. The summed E-state index contributed by atoms with van der Waals surface area (Å²) in [7, 11) is 0. The van der Waals surface area contributed by atoms with Gasteiger partial charge in [-0.3, -0.25) is 0 Å². The zero-order chi connectivity index (χ0) is 14.4. The maximum atomic E-state index is 11.9. The number of hydrogen-bond acceptors (Lipinski definition) is 4. The summed E-state index contributed by atoms with van der Waals surface area (Å²) in [6.45, 7) is 7.26. The molecule has 0 aromatic heterocycles. The summed E-state index contributed by atoms with van der Waals surface area (Å²) in [6.07, 6.45) is 0. The van der Waals surface area contributed by atoms with E-state index in [9.17, 15) is 4.79 Å². The van der Waals surface area contributed by atoms with Crippen LogP contribution in [0, 0.1) is 12.8 Å². The van der Waals surface area contributed by atoms with Gasteiger partial charge in [0.2, 0.25) is 0 Å². The van der Waals surface area contributed by atoms with E-state index in [2.05, 4.69) is 29.8 Å². The van der Waals surface area contributed by atoms with Crippen molar-refractivity contribution in [1.29, 1.82) is 0 Å². The summed E-state index contributed by atoms with van der Waals surface area (Å²) in [5.41, 5.74) is 7.59. The van der Waals surface area contributed by atoms with Gasteiger partial charge in [-0.05, 0) is 30.5 Å². The monoisotopic (exact) mass is 329 g/mol. The van der Waals surface area contributed by atoms with Crippen molar-refractivity contribution in [3.8, 4) is 0 Å². The van der Waals surface area contributed by atoms with E-state index in [0.717, 1.165) is 10.0 Å². The van der Waals surface area contributed by atoms with E-state index in [-0.39, 0.29) is 12.6 Å². The van der Waals surface area contributed by atoms with Crippen LogP contribution >= 0.6 is 15.9 Å². The molecule has 1 rings (SSSR count). The molecule has 2 N–H and O–H groups in total. The highest BCUT2D eigenvalue weighted by molar-refractivity contribution is 9.10. The van der Waals surface area contributed by atoms with Gasteiger partial charge in [0.25, 0.3) is 0 Å². The van der Waals surface area contributed by atoms with Crippen LogP contribution in [0.1, 0.15) is 29.8 Å². The highest BCUT2D eigenvalue weighted by Crippen LogP contribution is 2.23. The van der Waals surface area contributed by atoms with Gasteiger partial charge in [0, 0.05) is 16.8 Å². The standard InChI is InChI=1S/C14H20BrNO3/c1-9(2)8-18-4-5-19-14(17)12-6-11(15)7-13(16)10(12)3/h6-7,9H,4-5,8,16H2,1-3H3. The number of hydrogen-bond donors (Lipinski definition) is 1. The van der Waals surface area contributed by atoms with Crippen LogP contribution in [-0.2, 0) is 9.47 Å². The Morgan fingerprint density at radius 3 is 2.68 bits per heavy atom. The molecular formula is C14H20BrNO3. The number of carbonyl (C=O) groups excluding carboxylic acids is 1. The average Bonchev–Trinajstić information content (AvgIpc) is 2.32. The molecule has 0 aliphatic carbocycles. The van der Waals surface area contributed by atoms with Gasteiger partial charge in [-0.15, -0.1) is 0 Å². The first-order valence-corrected chi connectivity index (χ1v) is 7.01. The molecule has 1 aromatic rings. The highest BCUT2D eigenvalue weighted by Gasteiger charge is 2.13. The minimum absolute atomic E-state index is 0.247. The normalized spacial score (nSPS) is 10.8. The maximum Gasteiger partial charge on any atom is 0.338 e. The van der Waals surface area contributed by atoms with Gasteiger partial charge in [-0.2, -0.15) is 0 Å². The summed E-state index contributed by atoms with van der Waals surface area (Å²) in [6, 6.07) is 3.47. The van der Waals surface area contributed by atoms with Crippen LogP contribution < -0.4 is 5.73 Å². The number of esters is 1. The molecule has 106 valence electrons. The van der Waals surface area contributed by atoms with Crippen LogP contribution in [0.5, 0.6) is 0 Å². The van der Waals surface area contributed by atoms with Crippen molar-refractivity contribution in [3.05, 3.63) is 27.7 Å². The Balaban J connectivity index is 2.50. The van der Waals surface area contributed by atoms with E-state index in [0.29, 0.717) is 30.4 Å². The van der Waals surface area contributed by atoms with Gasteiger partial charge in [0.1, 0.15) is 6.61 Å². The SMILES string of the molecule is Cc1c(N)cc(Br)cc1C(=O)OCCOCC(C)C. The minimum Gasteiger partial charge on any atom is -0.460 e. The van der Waals surface area contributed by atoms with Crippen LogP contribution in [0.4, 0.5) is 5.69 Å². The van der Waals surface area contributed by atoms with Gasteiger partial charge >= 0.3 is 5.97 Å². The molecule has 0 radical (unpaired) electrons. The lowest BCUT2D eigenvalue weighted by molar-refractivity contribution is 0.0277. The fraction of sp³-hybridized carbons (Fsp3) is 0.500. The third-order valence-electron chi connectivity index (χ3n) is 2.54. The molecule has 0 bridgehead atoms. The maximum absolute atomic E-state index is 11.9. The fourth-order valence-corrected chi connectivity index (χ4v) is 1.98. The predicted molar refractivity (Wildman–Crippen MR) is 79.2 cm³/mol. The van der Waals surface area contributed by atoms with Crippen LogP contribution in [-0.4, -0.2) is 25.8 Å². The van der Waals surface area contributed by atoms with Crippen molar-refractivity contribution >= 4 is 27.6 Å². The van der Waals surface area contributed by atoms with Crippen molar-refractivity contribution in [2.75, 3.05) is 25.6 Å². The Hall–Kier alpha value is -1.07. The molecule has 0 amide bonds. The van der Waals surface area contributed by atoms with E-state index in [1.54, 1.807) is 19.1 Å². The smallest absolute Gasteiger partial charge is 0.338 e. The lowest BCUT2D eigenvalue weighted by Gasteiger charge is -2.10. The summed E-state index contributed by atoms with van der Waals surface area (Å²) in [4.78, 5) is 11.9. The van der Waals surface area contributed by atoms with Gasteiger partial charge < -0.3 is 15.2 Å². The molecule has 0 unspecified atom stereocenters. The van der Waals surface area contributed by atoms with E-state index in [1.807, 2.05) is 0 Å². The van der Waals surface area contributed by atoms with Crippen molar-refractivity contribution in [1.82, 2.24) is 0 Å². The first-order chi connectivity index (χ1) is 8.91. The van der Waals surface area contributed by atoms with Gasteiger partial charge in [-0.1, -0.05) is 29.8 Å². The summed E-state index contributed by atoms with van der Waals surface area (Å²) < 4.78 is 11.3. The molecule has 1 aromatic carbocycles. The first kappa shape index (κ1) is 16.0. The van der Waals surface area contributed by atoms with Gasteiger partial charge in [0.05, 0.1) is 12.2 Å². The van der Waals surface area contributed by atoms with E-state index in [1.165, 1.54) is 0 Å². The number of nitrogens with two attached hydrogens (primary N) is 1. The van der Waals surface area contributed by atoms with Crippen LogP contribution in [0.25, 0.3) is 0 Å². The minimum atomic E-state index is -0.376. The summed E-state index contributed by atoms with van der Waals surface area (Å²) in [5, 5.41) is 0. The zero-order valence-corrected chi connectivity index (χ0v) is 13.1. The van der Waals surface area contributed by atoms with Crippen molar-refractivity contribution in [2.24, 2.45) is 5.92 Å². The topological polar surface area (TPSA) is 61.6 Å². The number of benzene rings is 1. The summed E-state index contributed by atoms with van der Waals surface area (Å²) >= 11 is 3.31. The number of ether oxygens (including phenoxy) is 2. The lowest BCUT2D eigenvalue weighted by Crippen LogP contribution is -2.14. The molecule has 5 heteroatoms. The Morgan fingerprint density at radius 2 is 2.05 bits per heavy atom. The van der Waals surface area contributed by atoms with Gasteiger partial charge in [-0.25, -0.2) is 4.79 Å². The fourth-order valence-electron chi connectivity index (χ4n) is 1.50. The summed E-state index contributed by atoms with van der Waals surface area (Å²) in [5.74, 6) is 0.0986.